The largest absolute Gasteiger partial charge is 0.496 e. The fourth-order valence-electron chi connectivity index (χ4n) is 2.99. The van der Waals surface area contributed by atoms with Crippen LogP contribution in [-0.4, -0.2) is 26.4 Å². The lowest BCUT2D eigenvalue weighted by Crippen LogP contribution is -2.41. The van der Waals surface area contributed by atoms with Gasteiger partial charge in [-0.05, 0) is 57.2 Å². The van der Waals surface area contributed by atoms with Crippen molar-refractivity contribution in [1.82, 2.24) is 0 Å². The van der Waals surface area contributed by atoms with Crippen LogP contribution < -0.4 is 9.47 Å². The first-order chi connectivity index (χ1) is 9.93. The summed E-state index contributed by atoms with van der Waals surface area (Å²) in [5.41, 5.74) is 4.62. The highest BCUT2D eigenvalue weighted by molar-refractivity contribution is 5.58. The van der Waals surface area contributed by atoms with Crippen LogP contribution in [-0.2, 0) is 11.2 Å². The molecule has 3 nitrogen and oxygen atoms in total. The molecule has 128 valence electrons. The lowest BCUT2D eigenvalue weighted by Gasteiger charge is -2.37. The molecule has 22 heavy (non-hydrogen) atoms. The Labute approximate surface area is 137 Å². The van der Waals surface area contributed by atoms with E-state index >= 15 is 0 Å². The Morgan fingerprint density at radius 1 is 1.05 bits per heavy atom. The molecule has 0 fully saturated rings. The van der Waals surface area contributed by atoms with Gasteiger partial charge in [-0.25, -0.2) is 0 Å². The van der Waals surface area contributed by atoms with Crippen molar-refractivity contribution in [3.05, 3.63) is 22.3 Å². The molecular formula is C19H34O3. The normalized spacial score (nSPS) is 19.1. The van der Waals surface area contributed by atoms with Gasteiger partial charge in [0.1, 0.15) is 17.1 Å². The second kappa shape index (κ2) is 8.42. The highest BCUT2D eigenvalue weighted by Crippen LogP contribution is 2.43. The van der Waals surface area contributed by atoms with E-state index in [4.69, 9.17) is 14.2 Å². The first-order valence-corrected chi connectivity index (χ1v) is 7.78. The third kappa shape index (κ3) is 3.75. The van der Waals surface area contributed by atoms with Gasteiger partial charge in [0.15, 0.2) is 0 Å². The van der Waals surface area contributed by atoms with E-state index in [2.05, 4.69) is 27.7 Å². The Hall–Kier alpha value is -1.22. The van der Waals surface area contributed by atoms with Crippen LogP contribution in [0, 0.1) is 20.8 Å². The molecule has 1 heterocycles. The zero-order chi connectivity index (χ0) is 16.2. The number of rotatable bonds is 3. The van der Waals surface area contributed by atoms with Crippen LogP contribution in [0.25, 0.3) is 0 Å². The highest BCUT2D eigenvalue weighted by atomic mass is 16.5. The second-order valence-electron chi connectivity index (χ2n) is 5.70. The van der Waals surface area contributed by atoms with E-state index < -0.39 is 0 Å². The topological polar surface area (TPSA) is 27.7 Å². The van der Waals surface area contributed by atoms with Gasteiger partial charge in [0.25, 0.3) is 0 Å². The summed E-state index contributed by atoms with van der Waals surface area (Å²) in [6.45, 7) is 13.1. The molecule has 0 bridgehead atoms. The van der Waals surface area contributed by atoms with Gasteiger partial charge in [-0.3, -0.25) is 0 Å². The van der Waals surface area contributed by atoms with E-state index in [0.29, 0.717) is 6.61 Å². The Balaban J connectivity index is 0.00000141. The fourth-order valence-corrected chi connectivity index (χ4v) is 2.99. The Kier molecular flexibility index (Phi) is 7.96. The minimum absolute atomic E-state index is 0. The molecule has 1 aliphatic rings. The van der Waals surface area contributed by atoms with Crippen LogP contribution in [0.2, 0.25) is 0 Å². The summed E-state index contributed by atoms with van der Waals surface area (Å²) in [7, 11) is 3.46. The van der Waals surface area contributed by atoms with Crippen molar-refractivity contribution in [2.24, 2.45) is 0 Å². The van der Waals surface area contributed by atoms with Crippen LogP contribution >= 0.6 is 0 Å². The maximum absolute atomic E-state index is 6.27. The third-order valence-corrected chi connectivity index (χ3v) is 4.22. The summed E-state index contributed by atoms with van der Waals surface area (Å²) in [6.07, 6.45) is 1.98. The Bertz CT molecular complexity index is 494. The minimum atomic E-state index is -0.222. The molecule has 1 aliphatic heterocycles. The molecule has 1 atom stereocenters. The average molecular weight is 310 g/mol. The lowest BCUT2D eigenvalue weighted by molar-refractivity contribution is -0.0112. The molecule has 1 aromatic rings. The number of hydrogen-bond acceptors (Lipinski definition) is 3. The van der Waals surface area contributed by atoms with Crippen molar-refractivity contribution in [3.63, 3.8) is 0 Å². The second-order valence-corrected chi connectivity index (χ2v) is 5.70. The SMILES string of the molecule is C.CC.COCC1(C)CCc2c(C)c(OC)c(C)c(C)c2O1. The van der Waals surface area contributed by atoms with Gasteiger partial charge in [-0.2, -0.15) is 0 Å². The molecule has 0 spiro atoms. The number of ether oxygens (including phenoxy) is 3. The van der Waals surface area contributed by atoms with E-state index in [1.165, 1.54) is 22.3 Å². The number of methoxy groups -OCH3 is 2. The maximum atomic E-state index is 6.27. The molecule has 1 aromatic carbocycles. The van der Waals surface area contributed by atoms with Crippen molar-refractivity contribution in [2.45, 2.75) is 67.4 Å². The fraction of sp³-hybridized carbons (Fsp3) is 0.684. The molecule has 0 N–H and O–H groups in total. The van der Waals surface area contributed by atoms with Gasteiger partial charge in [0.2, 0.25) is 0 Å². The van der Waals surface area contributed by atoms with Gasteiger partial charge in [-0.1, -0.05) is 21.3 Å². The molecule has 0 aliphatic carbocycles. The molecule has 0 saturated carbocycles. The van der Waals surface area contributed by atoms with Crippen molar-refractivity contribution >= 4 is 0 Å². The first kappa shape index (κ1) is 20.8. The first-order valence-electron chi connectivity index (χ1n) is 7.78. The third-order valence-electron chi connectivity index (χ3n) is 4.22. The van der Waals surface area contributed by atoms with Gasteiger partial charge in [0.05, 0.1) is 13.7 Å². The zero-order valence-electron chi connectivity index (χ0n) is 14.8. The molecule has 2 rings (SSSR count). The summed E-state index contributed by atoms with van der Waals surface area (Å²) >= 11 is 0. The average Bonchev–Trinajstić information content (AvgIpc) is 2.47. The smallest absolute Gasteiger partial charge is 0.130 e. The predicted molar refractivity (Wildman–Crippen MR) is 94.5 cm³/mol. The van der Waals surface area contributed by atoms with Crippen molar-refractivity contribution in [1.29, 1.82) is 0 Å². The summed E-state index contributed by atoms with van der Waals surface area (Å²) in [5, 5.41) is 0. The molecule has 3 heteroatoms. The molecule has 0 saturated heterocycles. The van der Waals surface area contributed by atoms with Gasteiger partial charge in [0, 0.05) is 12.7 Å². The van der Waals surface area contributed by atoms with Crippen LogP contribution in [0.15, 0.2) is 0 Å². The van der Waals surface area contributed by atoms with Crippen LogP contribution in [0.3, 0.4) is 0 Å². The van der Waals surface area contributed by atoms with E-state index in [9.17, 15) is 0 Å². The monoisotopic (exact) mass is 310 g/mol. The van der Waals surface area contributed by atoms with E-state index in [1.54, 1.807) is 14.2 Å². The van der Waals surface area contributed by atoms with Crippen molar-refractivity contribution < 1.29 is 14.2 Å². The Morgan fingerprint density at radius 3 is 2.14 bits per heavy atom. The molecular weight excluding hydrogens is 276 g/mol. The van der Waals surface area contributed by atoms with E-state index in [1.807, 2.05) is 13.8 Å². The van der Waals surface area contributed by atoms with Crippen LogP contribution in [0.1, 0.15) is 56.9 Å². The summed E-state index contributed by atoms with van der Waals surface area (Å²) in [6, 6.07) is 0. The molecule has 0 amide bonds. The minimum Gasteiger partial charge on any atom is -0.496 e. The van der Waals surface area contributed by atoms with Gasteiger partial charge >= 0.3 is 0 Å². The van der Waals surface area contributed by atoms with E-state index in [0.717, 1.165) is 24.3 Å². The number of fused-ring (bicyclic) bond motifs is 1. The van der Waals surface area contributed by atoms with Crippen molar-refractivity contribution in [3.8, 4) is 11.5 Å². The Morgan fingerprint density at radius 2 is 1.64 bits per heavy atom. The highest BCUT2D eigenvalue weighted by Gasteiger charge is 2.34. The standard InChI is InChI=1S/C16H24O3.C2H6.CH4/c1-10-11(2)15-13(12(3)14(10)18-6)7-8-16(4,19-15)9-17-5;1-2;/h7-9H2,1-6H3;1-2H3;1H4. The predicted octanol–water partition coefficient (Wildman–Crippen LogP) is 5.01. The zero-order valence-corrected chi connectivity index (χ0v) is 14.8. The van der Waals surface area contributed by atoms with E-state index in [-0.39, 0.29) is 13.0 Å². The number of hydrogen-bond donors (Lipinski definition) is 0. The molecule has 1 unspecified atom stereocenters. The van der Waals surface area contributed by atoms with Crippen LogP contribution in [0.5, 0.6) is 11.5 Å². The number of benzene rings is 1. The molecule has 0 radical (unpaired) electrons. The maximum Gasteiger partial charge on any atom is 0.130 e. The van der Waals surface area contributed by atoms with Gasteiger partial charge < -0.3 is 14.2 Å². The van der Waals surface area contributed by atoms with Gasteiger partial charge in [-0.15, -0.1) is 0 Å². The quantitative estimate of drug-likeness (QED) is 0.785. The lowest BCUT2D eigenvalue weighted by atomic mass is 9.87. The summed E-state index contributed by atoms with van der Waals surface area (Å²) < 4.78 is 17.1. The summed E-state index contributed by atoms with van der Waals surface area (Å²) in [4.78, 5) is 0. The molecule has 0 aromatic heterocycles. The van der Waals surface area contributed by atoms with Crippen molar-refractivity contribution in [2.75, 3.05) is 20.8 Å². The van der Waals surface area contributed by atoms with Crippen LogP contribution in [0.4, 0.5) is 0 Å². The summed E-state index contributed by atoms with van der Waals surface area (Å²) in [5.74, 6) is 2.02.